The molecule has 9 heteroatoms. The number of benzene rings is 11. The van der Waals surface area contributed by atoms with Gasteiger partial charge >= 0.3 is 0 Å². The average molecular weight is 1050 g/mol. The van der Waals surface area contributed by atoms with Crippen molar-refractivity contribution in [2.45, 2.75) is 12.6 Å². The van der Waals surface area contributed by atoms with Crippen LogP contribution in [0.2, 0.25) is 0 Å². The number of aromatic nitrogens is 2. The summed E-state index contributed by atoms with van der Waals surface area (Å²) in [5, 5.41) is 4.73. The molecule has 4 heterocycles. The summed E-state index contributed by atoms with van der Waals surface area (Å²) in [6.45, 7) is 2.46. The van der Waals surface area contributed by atoms with Crippen molar-refractivity contribution in [1.82, 2.24) is 9.13 Å². The highest BCUT2D eigenvalue weighted by Gasteiger charge is 2.24. The molecule has 0 aliphatic carbocycles. The molecule has 9 nitrogen and oxygen atoms in total. The van der Waals surface area contributed by atoms with E-state index < -0.39 is 0 Å². The largest absolute Gasteiger partial charge is 0.346 e. The number of anilines is 9. The fraction of sp³-hybridized carbons (Fsp3) is 0.0833. The van der Waals surface area contributed by atoms with Crippen LogP contribution in [0.5, 0.6) is 0 Å². The summed E-state index contributed by atoms with van der Waals surface area (Å²) in [6.07, 6.45) is -0.633. The molecule has 0 spiro atoms. The first kappa shape index (κ1) is 48.4. The zero-order valence-corrected chi connectivity index (χ0v) is 44.3. The zero-order chi connectivity index (χ0) is 53.6. The SMILES string of the molecule is c1ccc(N(c2ccc(N(c3ccccc3)c3ccc4c(c3)c3ccccc3n4-c3ccc(C4OCCO4)cc3)cc2)c2ccc(N(c3ccccc3)c3ccc4c(c3)c3ccccc3n4-c3ccc(C4OCCO4)cc3)cc2)cc1. The standard InChI is InChI=1S/C72H55N5O4/c1-4-14-52(15-5-1)73(55-32-36-57(37-33-55)74(53-16-6-2-7-17-53)61-40-42-69-65(48-61)63-20-10-12-22-67(63)76(69)59-28-24-50(25-29-59)71-78-44-45-79-71)56-34-38-58(39-35-56)75(54-18-8-3-9-19-54)62-41-43-70-66(49-62)64-21-11-13-23-68(64)77(70)60-30-26-51(27-31-60)72-80-46-47-81-72/h1-43,48-49,71-72H,44-47H2. The van der Waals surface area contributed by atoms with Crippen LogP contribution in [0.3, 0.4) is 0 Å². The van der Waals surface area contributed by atoms with Gasteiger partial charge in [-0.1, -0.05) is 115 Å². The van der Waals surface area contributed by atoms with Gasteiger partial charge in [-0.15, -0.1) is 0 Å². The van der Waals surface area contributed by atoms with E-state index in [1.165, 1.54) is 21.5 Å². The highest BCUT2D eigenvalue weighted by atomic mass is 16.7. The van der Waals surface area contributed by atoms with Crippen molar-refractivity contribution in [1.29, 1.82) is 0 Å². The molecule has 81 heavy (non-hydrogen) atoms. The van der Waals surface area contributed by atoms with Gasteiger partial charge in [-0.25, -0.2) is 0 Å². The molecule has 0 N–H and O–H groups in total. The van der Waals surface area contributed by atoms with Gasteiger partial charge in [0.15, 0.2) is 12.6 Å². The number of para-hydroxylation sites is 5. The van der Waals surface area contributed by atoms with E-state index in [2.05, 4.69) is 297 Å². The van der Waals surface area contributed by atoms with Crippen LogP contribution in [0.15, 0.2) is 273 Å². The minimum atomic E-state index is -0.316. The van der Waals surface area contributed by atoms with Crippen LogP contribution in [0, 0.1) is 0 Å². The second-order valence-electron chi connectivity index (χ2n) is 20.5. The Balaban J connectivity index is 0.776. The number of rotatable bonds is 13. The number of ether oxygens (including phenoxy) is 4. The Bertz CT molecular complexity index is 4080. The summed E-state index contributed by atoms with van der Waals surface area (Å²) in [6, 6.07) is 97.9. The third kappa shape index (κ3) is 8.86. The molecule has 392 valence electrons. The van der Waals surface area contributed by atoms with Crippen molar-refractivity contribution in [3.8, 4) is 11.4 Å². The van der Waals surface area contributed by atoms with E-state index >= 15 is 0 Å². The van der Waals surface area contributed by atoms with Gasteiger partial charge < -0.3 is 42.8 Å². The van der Waals surface area contributed by atoms with Gasteiger partial charge in [0.25, 0.3) is 0 Å². The van der Waals surface area contributed by atoms with E-state index in [1.807, 2.05) is 0 Å². The lowest BCUT2D eigenvalue weighted by Crippen LogP contribution is -2.13. The van der Waals surface area contributed by atoms with E-state index in [4.69, 9.17) is 18.9 Å². The van der Waals surface area contributed by atoms with Gasteiger partial charge in [0.1, 0.15) is 0 Å². The molecule has 0 amide bonds. The lowest BCUT2D eigenvalue weighted by Gasteiger charge is -2.29. The van der Waals surface area contributed by atoms with Crippen LogP contribution in [0.25, 0.3) is 55.0 Å². The van der Waals surface area contributed by atoms with Crippen LogP contribution in [0.4, 0.5) is 51.2 Å². The maximum Gasteiger partial charge on any atom is 0.184 e. The van der Waals surface area contributed by atoms with Crippen molar-refractivity contribution in [2.75, 3.05) is 41.1 Å². The van der Waals surface area contributed by atoms with Crippen molar-refractivity contribution in [2.24, 2.45) is 0 Å². The monoisotopic (exact) mass is 1050 g/mol. The predicted octanol–water partition coefficient (Wildman–Crippen LogP) is 18.4. The molecular weight excluding hydrogens is 999 g/mol. The minimum absolute atomic E-state index is 0.316. The second-order valence-corrected chi connectivity index (χ2v) is 20.5. The normalized spacial score (nSPS) is 13.9. The first-order chi connectivity index (χ1) is 40.2. The summed E-state index contributed by atoms with van der Waals surface area (Å²) >= 11 is 0. The van der Waals surface area contributed by atoms with Gasteiger partial charge in [-0.05, 0) is 158 Å². The molecule has 2 aliphatic rings. The predicted molar refractivity (Wildman–Crippen MR) is 328 cm³/mol. The molecular formula is C72H55N5O4. The van der Waals surface area contributed by atoms with Gasteiger partial charge in [0.05, 0.1) is 48.5 Å². The molecule has 2 aromatic heterocycles. The third-order valence-electron chi connectivity index (χ3n) is 15.7. The highest BCUT2D eigenvalue weighted by molar-refractivity contribution is 6.12. The molecule has 2 fully saturated rings. The van der Waals surface area contributed by atoms with E-state index in [9.17, 15) is 0 Å². The van der Waals surface area contributed by atoms with E-state index in [1.54, 1.807) is 0 Å². The van der Waals surface area contributed by atoms with E-state index in [0.29, 0.717) is 26.4 Å². The van der Waals surface area contributed by atoms with Gasteiger partial charge in [-0.2, -0.15) is 0 Å². The molecule has 0 saturated carbocycles. The molecule has 0 bridgehead atoms. The summed E-state index contributed by atoms with van der Waals surface area (Å²) in [7, 11) is 0. The Kier molecular flexibility index (Phi) is 12.4. The number of hydrogen-bond acceptors (Lipinski definition) is 7. The summed E-state index contributed by atoms with van der Waals surface area (Å²) in [4.78, 5) is 7.02. The summed E-state index contributed by atoms with van der Waals surface area (Å²) < 4.78 is 27.9. The van der Waals surface area contributed by atoms with Crippen LogP contribution in [-0.4, -0.2) is 35.6 Å². The Morgan fingerprint density at radius 3 is 0.864 bits per heavy atom. The molecule has 0 unspecified atom stereocenters. The fourth-order valence-corrected chi connectivity index (χ4v) is 12.0. The maximum atomic E-state index is 5.81. The van der Waals surface area contributed by atoms with E-state index in [-0.39, 0.29) is 12.6 Å². The van der Waals surface area contributed by atoms with Gasteiger partial charge in [0.2, 0.25) is 0 Å². The Hall–Kier alpha value is -9.74. The maximum absolute atomic E-state index is 5.81. The fourth-order valence-electron chi connectivity index (χ4n) is 12.0. The number of nitrogens with zero attached hydrogens (tertiary/aromatic N) is 5. The molecule has 11 aromatic carbocycles. The van der Waals surface area contributed by atoms with Crippen molar-refractivity contribution in [3.05, 3.63) is 284 Å². The minimum Gasteiger partial charge on any atom is -0.346 e. The Morgan fingerprint density at radius 1 is 0.247 bits per heavy atom. The second kappa shape index (κ2) is 20.8. The van der Waals surface area contributed by atoms with Crippen molar-refractivity contribution < 1.29 is 18.9 Å². The topological polar surface area (TPSA) is 56.5 Å². The average Bonchev–Trinajstić information content (AvgIpc) is 4.02. The number of hydrogen-bond donors (Lipinski definition) is 0. The molecule has 2 saturated heterocycles. The molecule has 0 atom stereocenters. The third-order valence-corrected chi connectivity index (χ3v) is 15.7. The molecule has 15 rings (SSSR count). The lowest BCUT2D eigenvalue weighted by molar-refractivity contribution is -0.0443. The van der Waals surface area contributed by atoms with E-state index in [0.717, 1.165) is 95.8 Å². The summed E-state index contributed by atoms with van der Waals surface area (Å²) in [5.74, 6) is 0. The van der Waals surface area contributed by atoms with Crippen molar-refractivity contribution in [3.63, 3.8) is 0 Å². The zero-order valence-electron chi connectivity index (χ0n) is 44.3. The quantitative estimate of drug-likeness (QED) is 0.114. The van der Waals surface area contributed by atoms with Crippen LogP contribution in [0.1, 0.15) is 23.7 Å². The van der Waals surface area contributed by atoms with Crippen LogP contribution in [-0.2, 0) is 18.9 Å². The first-order valence-corrected chi connectivity index (χ1v) is 27.7. The highest BCUT2D eigenvalue weighted by Crippen LogP contribution is 2.45. The van der Waals surface area contributed by atoms with Crippen molar-refractivity contribution >= 4 is 94.8 Å². The Morgan fingerprint density at radius 2 is 0.519 bits per heavy atom. The van der Waals surface area contributed by atoms with Gasteiger partial charge in [-0.3, -0.25) is 0 Å². The molecule has 13 aromatic rings. The molecule has 2 aliphatic heterocycles. The smallest absolute Gasteiger partial charge is 0.184 e. The first-order valence-electron chi connectivity index (χ1n) is 27.7. The van der Waals surface area contributed by atoms with Gasteiger partial charge in [0, 0.05) is 95.2 Å². The Labute approximate surface area is 469 Å². The van der Waals surface area contributed by atoms with Crippen LogP contribution >= 0.6 is 0 Å². The molecule has 0 radical (unpaired) electrons. The lowest BCUT2D eigenvalue weighted by atomic mass is 10.1. The van der Waals surface area contributed by atoms with Crippen LogP contribution < -0.4 is 14.7 Å². The summed E-state index contributed by atoms with van der Waals surface area (Å²) in [5.41, 5.74) is 18.3. The number of fused-ring (bicyclic) bond motifs is 6.